The van der Waals surface area contributed by atoms with Crippen LogP contribution in [0.4, 0.5) is 5.82 Å². The number of anilines is 1. The Bertz CT molecular complexity index is 425. The molecule has 1 aliphatic rings. The van der Waals surface area contributed by atoms with E-state index in [1.807, 2.05) is 12.1 Å². The molecule has 0 bridgehead atoms. The third-order valence-corrected chi connectivity index (χ3v) is 3.53. The van der Waals surface area contributed by atoms with Crippen LogP contribution in [-0.4, -0.2) is 42.1 Å². The molecule has 1 aliphatic heterocycles. The number of hydrogen-bond acceptors (Lipinski definition) is 4. The van der Waals surface area contributed by atoms with Crippen molar-refractivity contribution < 1.29 is 0 Å². The molecule has 2 atom stereocenters. The molecule has 1 aromatic heterocycles. The van der Waals surface area contributed by atoms with E-state index in [0.717, 1.165) is 18.9 Å². The van der Waals surface area contributed by atoms with Gasteiger partial charge in [0.25, 0.3) is 0 Å². The first-order valence-corrected chi connectivity index (χ1v) is 5.96. The Morgan fingerprint density at radius 2 is 1.94 bits per heavy atom. The minimum Gasteiger partial charge on any atom is -0.353 e. The quantitative estimate of drug-likeness (QED) is 0.733. The number of aromatic nitrogens is 1. The summed E-state index contributed by atoms with van der Waals surface area (Å²) in [5.74, 6) is 0.913. The van der Waals surface area contributed by atoms with Gasteiger partial charge in [-0.2, -0.15) is 5.26 Å². The Hall–Kier alpha value is -1.60. The third kappa shape index (κ3) is 2.40. The van der Waals surface area contributed by atoms with E-state index in [1.54, 1.807) is 6.07 Å². The molecule has 0 radical (unpaired) electrons. The maximum atomic E-state index is 8.87. The second-order valence-electron chi connectivity index (χ2n) is 4.76. The van der Waals surface area contributed by atoms with Crippen molar-refractivity contribution in [3.8, 4) is 6.07 Å². The van der Waals surface area contributed by atoms with Gasteiger partial charge in [-0.05, 0) is 33.0 Å². The summed E-state index contributed by atoms with van der Waals surface area (Å²) in [4.78, 5) is 8.99. The molecule has 1 aromatic rings. The molecule has 0 aromatic carbocycles. The molecule has 0 amide bonds. The highest BCUT2D eigenvalue weighted by Crippen LogP contribution is 2.19. The van der Waals surface area contributed by atoms with E-state index >= 15 is 0 Å². The predicted octanol–water partition coefficient (Wildman–Crippen LogP) is 1.48. The zero-order valence-corrected chi connectivity index (χ0v) is 10.6. The number of piperazine rings is 1. The van der Waals surface area contributed by atoms with Gasteiger partial charge >= 0.3 is 0 Å². The molecule has 17 heavy (non-hydrogen) atoms. The highest BCUT2D eigenvalue weighted by Gasteiger charge is 2.27. The lowest BCUT2D eigenvalue weighted by Crippen LogP contribution is -2.55. The smallest absolute Gasteiger partial charge is 0.142 e. The fraction of sp³-hybridized carbons (Fsp3) is 0.538. The summed E-state index contributed by atoms with van der Waals surface area (Å²) in [5, 5.41) is 8.87. The molecular formula is C13H18N4. The lowest BCUT2D eigenvalue weighted by atomic mass is 10.1. The molecule has 0 spiro atoms. The summed E-state index contributed by atoms with van der Waals surface area (Å²) in [7, 11) is 2.16. The third-order valence-electron chi connectivity index (χ3n) is 3.53. The Balaban J connectivity index is 2.20. The van der Waals surface area contributed by atoms with Crippen molar-refractivity contribution in [3.63, 3.8) is 0 Å². The number of likely N-dealkylation sites (N-methyl/N-ethyl adjacent to an activating group) is 1. The van der Waals surface area contributed by atoms with Crippen molar-refractivity contribution in [2.45, 2.75) is 25.9 Å². The van der Waals surface area contributed by atoms with Crippen LogP contribution >= 0.6 is 0 Å². The summed E-state index contributed by atoms with van der Waals surface area (Å²) >= 11 is 0. The van der Waals surface area contributed by atoms with Crippen LogP contribution in [0.3, 0.4) is 0 Å². The van der Waals surface area contributed by atoms with Gasteiger partial charge in [-0.3, -0.25) is 4.90 Å². The molecule has 4 nitrogen and oxygen atoms in total. The Labute approximate surface area is 102 Å². The fourth-order valence-corrected chi connectivity index (χ4v) is 2.25. The van der Waals surface area contributed by atoms with Gasteiger partial charge in [0.15, 0.2) is 0 Å². The number of nitriles is 1. The van der Waals surface area contributed by atoms with Crippen LogP contribution in [0.5, 0.6) is 0 Å². The maximum absolute atomic E-state index is 8.87. The van der Waals surface area contributed by atoms with Crippen molar-refractivity contribution in [3.05, 3.63) is 23.9 Å². The van der Waals surface area contributed by atoms with Crippen molar-refractivity contribution in [2.75, 3.05) is 25.0 Å². The predicted molar refractivity (Wildman–Crippen MR) is 67.9 cm³/mol. The van der Waals surface area contributed by atoms with Crippen molar-refractivity contribution in [1.29, 1.82) is 5.26 Å². The van der Waals surface area contributed by atoms with Gasteiger partial charge in [-0.25, -0.2) is 4.98 Å². The minimum atomic E-state index is 0.488. The standard InChI is InChI=1S/C13H18N4/c1-10-8-17(9-11(2)16(10)3)13-6-4-5-12(7-14)15-13/h4-6,10-11H,8-9H2,1-3H3. The molecule has 2 heterocycles. The van der Waals surface area contributed by atoms with Gasteiger partial charge in [0.2, 0.25) is 0 Å². The largest absolute Gasteiger partial charge is 0.353 e. The van der Waals surface area contributed by atoms with Crippen LogP contribution in [0, 0.1) is 11.3 Å². The lowest BCUT2D eigenvalue weighted by molar-refractivity contribution is 0.169. The number of pyridine rings is 1. The molecule has 4 heteroatoms. The first-order valence-electron chi connectivity index (χ1n) is 5.96. The van der Waals surface area contributed by atoms with Crippen LogP contribution in [0.1, 0.15) is 19.5 Å². The minimum absolute atomic E-state index is 0.488. The van der Waals surface area contributed by atoms with Crippen LogP contribution in [0.15, 0.2) is 18.2 Å². The van der Waals surface area contributed by atoms with Gasteiger partial charge in [0.1, 0.15) is 17.6 Å². The molecule has 90 valence electrons. The SMILES string of the molecule is CC1CN(c2cccc(C#N)n2)CC(C)N1C. The van der Waals surface area contributed by atoms with Gasteiger partial charge in [0, 0.05) is 25.2 Å². The highest BCUT2D eigenvalue weighted by atomic mass is 15.3. The van der Waals surface area contributed by atoms with Crippen LogP contribution in [-0.2, 0) is 0 Å². The Morgan fingerprint density at radius 1 is 1.29 bits per heavy atom. The van der Waals surface area contributed by atoms with Crippen molar-refractivity contribution in [1.82, 2.24) is 9.88 Å². The Kier molecular flexibility index (Phi) is 3.30. The van der Waals surface area contributed by atoms with Crippen LogP contribution < -0.4 is 4.90 Å². The molecule has 1 saturated heterocycles. The second kappa shape index (κ2) is 4.72. The number of hydrogen-bond donors (Lipinski definition) is 0. The lowest BCUT2D eigenvalue weighted by Gasteiger charge is -2.43. The fourth-order valence-electron chi connectivity index (χ4n) is 2.25. The van der Waals surface area contributed by atoms with Gasteiger partial charge in [0.05, 0.1) is 0 Å². The van der Waals surface area contributed by atoms with Crippen molar-refractivity contribution >= 4 is 5.82 Å². The zero-order valence-electron chi connectivity index (χ0n) is 10.6. The van der Waals surface area contributed by atoms with E-state index < -0.39 is 0 Å². The average molecular weight is 230 g/mol. The summed E-state index contributed by atoms with van der Waals surface area (Å²) in [5.41, 5.74) is 0.488. The van der Waals surface area contributed by atoms with E-state index in [2.05, 4.69) is 41.7 Å². The average Bonchev–Trinajstić information content (AvgIpc) is 2.35. The summed E-state index contributed by atoms with van der Waals surface area (Å²) in [6.45, 7) is 6.36. The Morgan fingerprint density at radius 3 is 2.53 bits per heavy atom. The number of rotatable bonds is 1. The summed E-state index contributed by atoms with van der Waals surface area (Å²) in [6, 6.07) is 8.72. The van der Waals surface area contributed by atoms with Crippen LogP contribution in [0.2, 0.25) is 0 Å². The van der Waals surface area contributed by atoms with E-state index in [9.17, 15) is 0 Å². The monoisotopic (exact) mass is 230 g/mol. The second-order valence-corrected chi connectivity index (χ2v) is 4.76. The highest BCUT2D eigenvalue weighted by molar-refractivity contribution is 5.42. The van der Waals surface area contributed by atoms with Gasteiger partial charge < -0.3 is 4.90 Å². The molecule has 1 fully saturated rings. The molecule has 0 saturated carbocycles. The molecule has 2 rings (SSSR count). The van der Waals surface area contributed by atoms with Gasteiger partial charge in [-0.15, -0.1) is 0 Å². The molecule has 2 unspecified atom stereocenters. The molecular weight excluding hydrogens is 212 g/mol. The summed E-state index contributed by atoms with van der Waals surface area (Å²) in [6.07, 6.45) is 0. The topological polar surface area (TPSA) is 43.2 Å². The van der Waals surface area contributed by atoms with E-state index in [1.165, 1.54) is 0 Å². The van der Waals surface area contributed by atoms with Crippen molar-refractivity contribution in [2.24, 2.45) is 0 Å². The van der Waals surface area contributed by atoms with E-state index in [-0.39, 0.29) is 0 Å². The molecule has 0 aliphatic carbocycles. The van der Waals surface area contributed by atoms with Gasteiger partial charge in [-0.1, -0.05) is 6.07 Å². The summed E-state index contributed by atoms with van der Waals surface area (Å²) < 4.78 is 0. The van der Waals surface area contributed by atoms with E-state index in [0.29, 0.717) is 17.8 Å². The number of nitrogens with zero attached hydrogens (tertiary/aromatic N) is 4. The normalized spacial score (nSPS) is 25.6. The zero-order chi connectivity index (χ0) is 12.4. The molecule has 0 N–H and O–H groups in total. The first kappa shape index (κ1) is 11.9. The van der Waals surface area contributed by atoms with E-state index in [4.69, 9.17) is 5.26 Å². The van der Waals surface area contributed by atoms with Crippen LogP contribution in [0.25, 0.3) is 0 Å². The maximum Gasteiger partial charge on any atom is 0.142 e. The first-order chi connectivity index (χ1) is 8.11.